The molecule has 0 amide bonds. The number of rotatable bonds is 3. The third-order valence-electron chi connectivity index (χ3n) is 2.52. The molecule has 0 spiro atoms. The summed E-state index contributed by atoms with van der Waals surface area (Å²) in [4.78, 5) is 23.8. The molecule has 0 aromatic carbocycles. The molecule has 0 radical (unpaired) electrons. The molecular weight excluding hydrogens is 258 g/mol. The highest BCUT2D eigenvalue weighted by Gasteiger charge is 2.18. The van der Waals surface area contributed by atoms with Crippen molar-refractivity contribution in [2.45, 2.75) is 12.8 Å². The number of fused-ring (bicyclic) bond motifs is 1. The van der Waals surface area contributed by atoms with E-state index in [0.717, 1.165) is 0 Å². The highest BCUT2D eigenvalue weighted by Crippen LogP contribution is 2.18. The number of aromatic nitrogens is 1. The quantitative estimate of drug-likeness (QED) is 0.632. The van der Waals surface area contributed by atoms with E-state index in [2.05, 4.69) is 0 Å². The third kappa shape index (κ3) is 2.01. The van der Waals surface area contributed by atoms with Crippen LogP contribution in [0.1, 0.15) is 23.0 Å². The summed E-state index contributed by atoms with van der Waals surface area (Å²) in [6.07, 6.45) is 1.41. The number of alkyl halides is 1. The van der Waals surface area contributed by atoms with Gasteiger partial charge in [-0.3, -0.25) is 4.79 Å². The van der Waals surface area contributed by atoms with Crippen LogP contribution in [0.2, 0.25) is 0 Å². The lowest BCUT2D eigenvalue weighted by atomic mass is 10.2. The smallest absolute Gasteiger partial charge is 0.343 e. The predicted octanol–water partition coefficient (Wildman–Crippen LogP) is 2.05. The first-order valence-electron chi connectivity index (χ1n) is 5.43. The molecule has 0 fully saturated rings. The Morgan fingerprint density at radius 1 is 1.56 bits per heavy atom. The average molecular weight is 270 g/mol. The van der Waals surface area contributed by atoms with Crippen LogP contribution >= 0.6 is 11.6 Å². The van der Waals surface area contributed by atoms with Crippen molar-refractivity contribution in [1.82, 2.24) is 4.57 Å². The van der Waals surface area contributed by atoms with Crippen LogP contribution < -0.4 is 5.43 Å². The summed E-state index contributed by atoms with van der Waals surface area (Å²) in [7, 11) is 1.69. The molecule has 0 N–H and O–H groups in total. The summed E-state index contributed by atoms with van der Waals surface area (Å²) in [6.45, 7) is 1.91. The van der Waals surface area contributed by atoms with E-state index in [0.29, 0.717) is 16.9 Å². The van der Waals surface area contributed by atoms with Gasteiger partial charge in [-0.05, 0) is 13.0 Å². The van der Waals surface area contributed by atoms with Gasteiger partial charge in [0.1, 0.15) is 11.3 Å². The Kier molecular flexibility index (Phi) is 3.43. The van der Waals surface area contributed by atoms with Gasteiger partial charge in [0.15, 0.2) is 0 Å². The molecule has 2 heterocycles. The van der Waals surface area contributed by atoms with E-state index in [1.54, 1.807) is 24.6 Å². The lowest BCUT2D eigenvalue weighted by Gasteiger charge is -2.04. The zero-order chi connectivity index (χ0) is 13.3. The average Bonchev–Trinajstić information content (AvgIpc) is 2.79. The van der Waals surface area contributed by atoms with Crippen LogP contribution in [0.4, 0.5) is 0 Å². The largest absolute Gasteiger partial charge is 0.462 e. The van der Waals surface area contributed by atoms with E-state index < -0.39 is 11.4 Å². The van der Waals surface area contributed by atoms with Crippen molar-refractivity contribution in [3.8, 4) is 0 Å². The maximum absolute atomic E-state index is 12.1. The normalized spacial score (nSPS) is 10.8. The lowest BCUT2D eigenvalue weighted by molar-refractivity contribution is 0.0524. The Morgan fingerprint density at radius 3 is 2.89 bits per heavy atom. The molecule has 0 saturated heterocycles. The van der Waals surface area contributed by atoms with Crippen LogP contribution in [-0.2, 0) is 17.7 Å². The number of esters is 1. The molecule has 0 atom stereocenters. The maximum Gasteiger partial charge on any atom is 0.343 e. The fourth-order valence-corrected chi connectivity index (χ4v) is 1.86. The van der Waals surface area contributed by atoms with E-state index in [1.807, 2.05) is 0 Å². The SMILES string of the molecule is CCOC(=O)c1cn(C)c2oc(CCl)cc2c1=O. The second-order valence-corrected chi connectivity index (χ2v) is 4.04. The van der Waals surface area contributed by atoms with Gasteiger partial charge in [0.25, 0.3) is 0 Å². The molecule has 5 nitrogen and oxygen atoms in total. The van der Waals surface area contributed by atoms with Crippen molar-refractivity contribution in [1.29, 1.82) is 0 Å². The molecule has 0 aliphatic carbocycles. The van der Waals surface area contributed by atoms with Gasteiger partial charge < -0.3 is 13.7 Å². The Bertz CT molecular complexity index is 656. The number of pyridine rings is 1. The van der Waals surface area contributed by atoms with Crippen LogP contribution in [0.3, 0.4) is 0 Å². The van der Waals surface area contributed by atoms with E-state index >= 15 is 0 Å². The van der Waals surface area contributed by atoms with Crippen LogP contribution in [0.15, 0.2) is 21.5 Å². The molecule has 2 aromatic rings. The monoisotopic (exact) mass is 269 g/mol. The van der Waals surface area contributed by atoms with Gasteiger partial charge >= 0.3 is 5.97 Å². The summed E-state index contributed by atoms with van der Waals surface area (Å²) in [6, 6.07) is 1.55. The van der Waals surface area contributed by atoms with Gasteiger partial charge in [-0.2, -0.15) is 0 Å². The number of nitrogens with zero attached hydrogens (tertiary/aromatic N) is 1. The molecule has 2 rings (SSSR count). The molecule has 0 bridgehead atoms. The van der Waals surface area contributed by atoms with Gasteiger partial charge in [0.05, 0.1) is 17.9 Å². The molecule has 0 aliphatic heterocycles. The van der Waals surface area contributed by atoms with Crippen LogP contribution in [0.25, 0.3) is 11.1 Å². The van der Waals surface area contributed by atoms with Crippen molar-refractivity contribution in [3.63, 3.8) is 0 Å². The number of carbonyl (C=O) groups is 1. The first-order valence-corrected chi connectivity index (χ1v) is 5.97. The molecule has 2 aromatic heterocycles. The number of halogens is 1. The maximum atomic E-state index is 12.1. The van der Waals surface area contributed by atoms with E-state index in [9.17, 15) is 9.59 Å². The van der Waals surface area contributed by atoms with E-state index in [-0.39, 0.29) is 18.1 Å². The Morgan fingerprint density at radius 2 is 2.28 bits per heavy atom. The predicted molar refractivity (Wildman–Crippen MR) is 67.0 cm³/mol. The number of ether oxygens (including phenoxy) is 1. The zero-order valence-electron chi connectivity index (χ0n) is 10.0. The Balaban J connectivity index is 2.68. The van der Waals surface area contributed by atoms with Crippen molar-refractivity contribution < 1.29 is 13.9 Å². The Labute approximate surface area is 108 Å². The van der Waals surface area contributed by atoms with Crippen LogP contribution in [-0.4, -0.2) is 17.1 Å². The highest BCUT2D eigenvalue weighted by molar-refractivity contribution is 6.17. The first-order chi connectivity index (χ1) is 8.58. The second-order valence-electron chi connectivity index (χ2n) is 3.77. The van der Waals surface area contributed by atoms with Crippen molar-refractivity contribution in [2.75, 3.05) is 6.61 Å². The molecule has 96 valence electrons. The van der Waals surface area contributed by atoms with Gasteiger partial charge in [0, 0.05) is 13.2 Å². The molecule has 0 saturated carbocycles. The van der Waals surface area contributed by atoms with Gasteiger partial charge in [0.2, 0.25) is 11.1 Å². The van der Waals surface area contributed by atoms with Gasteiger partial charge in [-0.15, -0.1) is 11.6 Å². The summed E-state index contributed by atoms with van der Waals surface area (Å²) in [5.74, 6) is 0.0251. The van der Waals surface area contributed by atoms with Crippen LogP contribution in [0, 0.1) is 0 Å². The number of aryl methyl sites for hydroxylation is 1. The summed E-state index contributed by atoms with van der Waals surface area (Å²) >= 11 is 5.66. The fraction of sp³-hybridized carbons (Fsp3) is 0.333. The number of carbonyl (C=O) groups excluding carboxylic acids is 1. The minimum atomic E-state index is -0.631. The lowest BCUT2D eigenvalue weighted by Crippen LogP contribution is -2.19. The topological polar surface area (TPSA) is 61.4 Å². The molecule has 6 heteroatoms. The van der Waals surface area contributed by atoms with Gasteiger partial charge in [-0.25, -0.2) is 4.79 Å². The van der Waals surface area contributed by atoms with E-state index in [1.165, 1.54) is 6.20 Å². The van der Waals surface area contributed by atoms with E-state index in [4.69, 9.17) is 20.8 Å². The molecule has 0 aliphatic rings. The number of hydrogen-bond acceptors (Lipinski definition) is 4. The minimum absolute atomic E-state index is 0.00577. The number of furan rings is 1. The third-order valence-corrected chi connectivity index (χ3v) is 2.79. The Hall–Kier alpha value is -1.75. The van der Waals surface area contributed by atoms with Crippen molar-refractivity contribution in [2.24, 2.45) is 7.05 Å². The molecular formula is C12H12ClNO4. The van der Waals surface area contributed by atoms with Crippen molar-refractivity contribution >= 4 is 28.7 Å². The van der Waals surface area contributed by atoms with Crippen LogP contribution in [0.5, 0.6) is 0 Å². The fourth-order valence-electron chi connectivity index (χ4n) is 1.73. The number of hydrogen-bond donors (Lipinski definition) is 0. The minimum Gasteiger partial charge on any atom is -0.462 e. The molecule has 0 unspecified atom stereocenters. The summed E-state index contributed by atoms with van der Waals surface area (Å²) in [5.41, 5.74) is -0.0147. The second kappa shape index (κ2) is 4.86. The van der Waals surface area contributed by atoms with Crippen molar-refractivity contribution in [3.05, 3.63) is 33.8 Å². The van der Waals surface area contributed by atoms with Gasteiger partial charge in [-0.1, -0.05) is 0 Å². The zero-order valence-corrected chi connectivity index (χ0v) is 10.8. The molecule has 18 heavy (non-hydrogen) atoms. The first kappa shape index (κ1) is 12.7. The highest BCUT2D eigenvalue weighted by atomic mass is 35.5. The standard InChI is InChI=1S/C12H12ClNO4/c1-3-17-12(16)9-6-14(2)11-8(10(9)15)4-7(5-13)18-11/h4,6H,3,5H2,1-2H3. The summed E-state index contributed by atoms with van der Waals surface area (Å²) in [5, 5.41) is 0.332. The summed E-state index contributed by atoms with van der Waals surface area (Å²) < 4.78 is 11.8.